The molecule has 34 heavy (non-hydrogen) atoms. The summed E-state index contributed by atoms with van der Waals surface area (Å²) in [6.07, 6.45) is 0. The molecule has 1 aliphatic heterocycles. The smallest absolute Gasteiger partial charge is 0.296 e. The van der Waals surface area contributed by atoms with Crippen LogP contribution in [0.3, 0.4) is 0 Å². The number of thiophene rings is 1. The average Bonchev–Trinajstić information content (AvgIpc) is 3.57. The van der Waals surface area contributed by atoms with Crippen molar-refractivity contribution in [2.24, 2.45) is 0 Å². The highest BCUT2D eigenvalue weighted by molar-refractivity contribution is 7.22. The van der Waals surface area contributed by atoms with E-state index in [1.54, 1.807) is 35.7 Å². The molecule has 0 saturated carbocycles. The number of hydrogen-bond acceptors (Lipinski definition) is 8. The van der Waals surface area contributed by atoms with Crippen molar-refractivity contribution in [2.75, 3.05) is 19.1 Å². The molecule has 4 aromatic rings. The van der Waals surface area contributed by atoms with Crippen LogP contribution in [0.5, 0.6) is 11.5 Å². The number of aliphatic hydroxyl groups excluding tert-OH is 1. The van der Waals surface area contributed by atoms with Gasteiger partial charge in [0.1, 0.15) is 0 Å². The van der Waals surface area contributed by atoms with Crippen molar-refractivity contribution in [3.8, 4) is 11.5 Å². The Morgan fingerprint density at radius 3 is 2.59 bits per heavy atom. The van der Waals surface area contributed by atoms with Crippen LogP contribution in [-0.4, -0.2) is 36.0 Å². The van der Waals surface area contributed by atoms with Gasteiger partial charge < -0.3 is 14.6 Å². The number of ether oxygens (including phenoxy) is 2. The predicted octanol–water partition coefficient (Wildman–Crippen LogP) is 5.47. The van der Waals surface area contributed by atoms with Crippen LogP contribution in [0.4, 0.5) is 5.13 Å². The highest BCUT2D eigenvalue weighted by Gasteiger charge is 2.46. The molecule has 1 amide bonds. The van der Waals surface area contributed by atoms with E-state index in [-0.39, 0.29) is 5.57 Å². The van der Waals surface area contributed by atoms with Gasteiger partial charge >= 0.3 is 0 Å². The van der Waals surface area contributed by atoms with Crippen molar-refractivity contribution >= 4 is 49.7 Å². The van der Waals surface area contributed by atoms with Gasteiger partial charge in [-0.1, -0.05) is 29.5 Å². The van der Waals surface area contributed by atoms with Gasteiger partial charge in [-0.2, -0.15) is 0 Å². The van der Waals surface area contributed by atoms with Gasteiger partial charge in [-0.15, -0.1) is 11.3 Å². The molecule has 2 aromatic carbocycles. The van der Waals surface area contributed by atoms with Gasteiger partial charge in [-0.25, -0.2) is 4.98 Å². The van der Waals surface area contributed by atoms with Gasteiger partial charge in [0.05, 0.1) is 40.9 Å². The zero-order valence-corrected chi connectivity index (χ0v) is 20.2. The number of aryl methyl sites for hydroxylation is 1. The number of methoxy groups -OCH3 is 2. The number of rotatable bonds is 6. The predicted molar refractivity (Wildman–Crippen MR) is 132 cm³/mol. The van der Waals surface area contributed by atoms with Crippen molar-refractivity contribution in [1.82, 2.24) is 4.98 Å². The highest BCUT2D eigenvalue weighted by atomic mass is 32.1. The number of aliphatic hydroxyl groups is 1. The van der Waals surface area contributed by atoms with E-state index in [0.29, 0.717) is 27.1 Å². The number of benzene rings is 2. The molecule has 1 N–H and O–H groups in total. The van der Waals surface area contributed by atoms with Crippen molar-refractivity contribution in [3.05, 3.63) is 81.2 Å². The Hall–Kier alpha value is -3.69. The normalized spacial score (nSPS) is 15.9. The van der Waals surface area contributed by atoms with Crippen LogP contribution in [0.2, 0.25) is 0 Å². The quantitative estimate of drug-likeness (QED) is 0.359. The molecule has 1 atom stereocenters. The Bertz CT molecular complexity index is 1460. The van der Waals surface area contributed by atoms with Crippen molar-refractivity contribution in [3.63, 3.8) is 0 Å². The van der Waals surface area contributed by atoms with Gasteiger partial charge in [0.25, 0.3) is 5.91 Å². The molecule has 0 saturated heterocycles. The Morgan fingerprint density at radius 2 is 1.88 bits per heavy atom. The number of thiazole rings is 1. The number of nitrogens with zero attached hydrogens (tertiary/aromatic N) is 2. The number of carbonyl (C=O) groups is 2. The Balaban J connectivity index is 1.70. The molecule has 0 unspecified atom stereocenters. The Morgan fingerprint density at radius 1 is 1.09 bits per heavy atom. The Labute approximate surface area is 203 Å². The van der Waals surface area contributed by atoms with E-state index in [9.17, 15) is 14.7 Å². The molecule has 0 radical (unpaired) electrons. The van der Waals surface area contributed by atoms with Gasteiger partial charge in [-0.3, -0.25) is 14.5 Å². The lowest BCUT2D eigenvalue weighted by molar-refractivity contribution is -0.117. The van der Waals surface area contributed by atoms with Gasteiger partial charge in [0, 0.05) is 0 Å². The fourth-order valence-corrected chi connectivity index (χ4v) is 5.80. The van der Waals surface area contributed by atoms with Crippen molar-refractivity contribution in [1.29, 1.82) is 0 Å². The summed E-state index contributed by atoms with van der Waals surface area (Å²) in [4.78, 5) is 33.3. The number of aromatic nitrogens is 1. The second-order valence-electron chi connectivity index (χ2n) is 7.73. The molecule has 0 bridgehead atoms. The first-order valence-electron chi connectivity index (χ1n) is 10.4. The van der Waals surface area contributed by atoms with E-state index >= 15 is 0 Å². The average molecular weight is 493 g/mol. The number of amides is 1. The lowest BCUT2D eigenvalue weighted by Crippen LogP contribution is -2.31. The summed E-state index contributed by atoms with van der Waals surface area (Å²) in [7, 11) is 3.05. The third-order valence-corrected chi connectivity index (χ3v) is 7.55. The number of carbonyl (C=O) groups excluding carboxylic acids is 2. The summed E-state index contributed by atoms with van der Waals surface area (Å²) >= 11 is 2.59. The summed E-state index contributed by atoms with van der Waals surface area (Å²) in [6, 6.07) is 13.5. The molecular weight excluding hydrogens is 472 g/mol. The molecular formula is C25H20N2O5S2. The van der Waals surface area contributed by atoms with E-state index in [4.69, 9.17) is 9.47 Å². The maximum absolute atomic E-state index is 13.5. The third-order valence-electron chi connectivity index (χ3n) is 5.66. The Kier molecular flexibility index (Phi) is 5.59. The fraction of sp³-hybridized carbons (Fsp3) is 0.160. The molecule has 0 aliphatic carbocycles. The summed E-state index contributed by atoms with van der Waals surface area (Å²) in [6.45, 7) is 1.98. The number of ketones is 1. The maximum Gasteiger partial charge on any atom is 0.296 e. The van der Waals surface area contributed by atoms with E-state index in [1.807, 2.05) is 25.1 Å². The number of anilines is 1. The molecule has 9 heteroatoms. The molecule has 2 aromatic heterocycles. The monoisotopic (exact) mass is 492 g/mol. The summed E-state index contributed by atoms with van der Waals surface area (Å²) in [5, 5.41) is 13.1. The number of Topliss-reactive ketones (excluding diaryl/α,β-unsaturated/α-hetero) is 1. The molecule has 0 fully saturated rings. The lowest BCUT2D eigenvalue weighted by Gasteiger charge is -2.25. The summed E-state index contributed by atoms with van der Waals surface area (Å²) in [5.41, 5.74) is 2.41. The first-order chi connectivity index (χ1) is 16.4. The molecule has 172 valence electrons. The zero-order chi connectivity index (χ0) is 24.0. The first kappa shape index (κ1) is 22.1. The van der Waals surface area contributed by atoms with E-state index in [0.717, 1.165) is 15.8 Å². The largest absolute Gasteiger partial charge is 0.503 e. The minimum Gasteiger partial charge on any atom is -0.503 e. The van der Waals surface area contributed by atoms with Gasteiger partial charge in [0.15, 0.2) is 22.4 Å². The summed E-state index contributed by atoms with van der Waals surface area (Å²) < 4.78 is 11.7. The summed E-state index contributed by atoms with van der Waals surface area (Å²) in [5.74, 6) is -0.692. The fourth-order valence-electron chi connectivity index (χ4n) is 4.04. The maximum atomic E-state index is 13.5. The molecule has 3 heterocycles. The van der Waals surface area contributed by atoms with E-state index in [2.05, 4.69) is 4.98 Å². The van der Waals surface area contributed by atoms with Crippen LogP contribution >= 0.6 is 22.7 Å². The van der Waals surface area contributed by atoms with Gasteiger partial charge in [-0.05, 0) is 53.8 Å². The van der Waals surface area contributed by atoms with E-state index < -0.39 is 23.5 Å². The van der Waals surface area contributed by atoms with Crippen LogP contribution in [-0.2, 0) is 4.79 Å². The van der Waals surface area contributed by atoms with Crippen molar-refractivity contribution in [2.45, 2.75) is 13.0 Å². The molecule has 7 nitrogen and oxygen atoms in total. The van der Waals surface area contributed by atoms with Crippen molar-refractivity contribution < 1.29 is 24.2 Å². The van der Waals surface area contributed by atoms with Crippen LogP contribution in [0, 0.1) is 6.92 Å². The lowest BCUT2D eigenvalue weighted by atomic mass is 9.95. The minimum absolute atomic E-state index is 0.00936. The highest BCUT2D eigenvalue weighted by Crippen LogP contribution is 2.46. The number of fused-ring (bicyclic) bond motifs is 1. The minimum atomic E-state index is -0.886. The van der Waals surface area contributed by atoms with Crippen LogP contribution < -0.4 is 14.4 Å². The SMILES string of the molecule is COc1ccc([C@@H]2C(C(=O)c3cccs3)=C(O)C(=O)N2c2nc3ccc(C)cc3s2)cc1OC. The third kappa shape index (κ3) is 3.53. The van der Waals surface area contributed by atoms with Crippen LogP contribution in [0.25, 0.3) is 10.2 Å². The number of hydrogen-bond donors (Lipinski definition) is 1. The first-order valence-corrected chi connectivity index (χ1v) is 12.1. The second kappa shape index (κ2) is 8.58. The molecule has 5 rings (SSSR count). The topological polar surface area (TPSA) is 89.0 Å². The van der Waals surface area contributed by atoms with Crippen LogP contribution in [0.15, 0.2) is 65.2 Å². The molecule has 1 aliphatic rings. The van der Waals surface area contributed by atoms with E-state index in [1.165, 1.54) is 41.8 Å². The standard InChI is InChI=1S/C25H20N2O5S2/c1-13-6-8-15-19(11-13)34-25(26-15)27-21(14-7-9-16(31-2)17(12-14)32-3)20(23(29)24(27)30)22(28)18-5-4-10-33-18/h4-12,21,29H,1-3H3/t21-/m1/s1. The zero-order valence-electron chi connectivity index (χ0n) is 18.6. The molecule has 0 spiro atoms. The second-order valence-corrected chi connectivity index (χ2v) is 9.69. The van der Waals surface area contributed by atoms with Crippen LogP contribution in [0.1, 0.15) is 26.8 Å². The van der Waals surface area contributed by atoms with Gasteiger partial charge in [0.2, 0.25) is 5.78 Å².